The Morgan fingerprint density at radius 3 is 2.56 bits per heavy atom. The Balaban J connectivity index is 2.47. The van der Waals surface area contributed by atoms with Gasteiger partial charge in [0.2, 0.25) is 0 Å². The summed E-state index contributed by atoms with van der Waals surface area (Å²) in [5.74, 6) is 1.14. The minimum Gasteiger partial charge on any atom is -0.480 e. The van der Waals surface area contributed by atoms with Gasteiger partial charge in [-0.3, -0.25) is 0 Å². The van der Waals surface area contributed by atoms with Gasteiger partial charge in [-0.15, -0.1) is 0 Å². The lowest BCUT2D eigenvalue weighted by molar-refractivity contribution is 0.646. The molecule has 1 aromatic heterocycles. The Labute approximate surface area is 95.3 Å². The van der Waals surface area contributed by atoms with Gasteiger partial charge < -0.3 is 15.2 Å². The van der Waals surface area contributed by atoms with Crippen LogP contribution < -0.4 is 10.3 Å². The van der Waals surface area contributed by atoms with Crippen molar-refractivity contribution in [1.29, 1.82) is 5.26 Å². The summed E-state index contributed by atoms with van der Waals surface area (Å²) in [5, 5.41) is 8.97. The molecule has 3 N–H and O–H groups in total. The van der Waals surface area contributed by atoms with Crippen LogP contribution in [0.5, 0.6) is 5.75 Å². The summed E-state index contributed by atoms with van der Waals surface area (Å²) < 4.78 is 4.99. The Bertz CT molecular complexity index is 539. The van der Waals surface area contributed by atoms with E-state index in [4.69, 9.17) is 15.5 Å². The fraction of sp³-hybridized carbons (Fsp3) is 0. The first kappa shape index (κ1) is 10.5. The molecule has 1 unspecified atom stereocenters. The van der Waals surface area contributed by atoms with Crippen molar-refractivity contribution in [2.24, 2.45) is 0 Å². The van der Waals surface area contributed by atoms with Crippen LogP contribution in [-0.2, 0) is 0 Å². The number of nitrogens with zero attached hydrogens (tertiary/aromatic N) is 1. The number of hydrogen-bond acceptors (Lipinski definition) is 3. The molecule has 0 saturated carbocycles. The fourth-order valence-corrected chi connectivity index (χ4v) is 1.66. The first-order valence-electron chi connectivity index (χ1n) is 4.60. The van der Waals surface area contributed by atoms with Crippen molar-refractivity contribution in [1.82, 2.24) is 4.98 Å². The summed E-state index contributed by atoms with van der Waals surface area (Å²) in [7, 11) is 2.18. The standard InChI is InChI=1S/C11H10N3OP/c12-5-9-10(6-14-11(9)13)7-1-3-8(15-16)4-2-7/h1-4,6,14H,13,16H2. The minimum atomic E-state index is 0.392. The van der Waals surface area contributed by atoms with Gasteiger partial charge in [0.25, 0.3) is 0 Å². The smallest absolute Gasteiger partial charge is 0.122 e. The Kier molecular flexibility index (Phi) is 2.80. The molecule has 0 bridgehead atoms. The number of H-pyrrole nitrogens is 1. The zero-order valence-corrected chi connectivity index (χ0v) is 9.55. The summed E-state index contributed by atoms with van der Waals surface area (Å²) in [4.78, 5) is 2.84. The third kappa shape index (κ3) is 1.73. The van der Waals surface area contributed by atoms with Crippen molar-refractivity contribution in [3.05, 3.63) is 36.0 Å². The predicted molar refractivity (Wildman–Crippen MR) is 65.7 cm³/mol. The van der Waals surface area contributed by atoms with Gasteiger partial charge in [-0.05, 0) is 17.7 Å². The van der Waals surface area contributed by atoms with Crippen LogP contribution in [0.1, 0.15) is 5.56 Å². The molecule has 0 saturated heterocycles. The highest BCUT2D eigenvalue weighted by Crippen LogP contribution is 2.28. The molecule has 1 atom stereocenters. The van der Waals surface area contributed by atoms with E-state index in [0.29, 0.717) is 11.4 Å². The zero-order chi connectivity index (χ0) is 11.5. The van der Waals surface area contributed by atoms with E-state index < -0.39 is 0 Å². The van der Waals surface area contributed by atoms with E-state index in [2.05, 4.69) is 20.5 Å². The number of nitrogen functional groups attached to an aromatic ring is 1. The predicted octanol–water partition coefficient (Wildman–Crippen LogP) is 2.30. The van der Waals surface area contributed by atoms with Gasteiger partial charge in [-0.1, -0.05) is 12.1 Å². The molecule has 2 aromatic rings. The first-order valence-corrected chi connectivity index (χ1v) is 5.07. The number of nitriles is 1. The van der Waals surface area contributed by atoms with Crippen LogP contribution in [0.4, 0.5) is 5.82 Å². The van der Waals surface area contributed by atoms with E-state index in [0.717, 1.165) is 16.9 Å². The average molecular weight is 231 g/mol. The number of benzene rings is 1. The lowest BCUT2D eigenvalue weighted by Gasteiger charge is -2.01. The monoisotopic (exact) mass is 231 g/mol. The van der Waals surface area contributed by atoms with Crippen LogP contribution in [0.3, 0.4) is 0 Å². The maximum absolute atomic E-state index is 8.97. The number of rotatable bonds is 2. The van der Waals surface area contributed by atoms with Crippen LogP contribution in [0, 0.1) is 11.3 Å². The van der Waals surface area contributed by atoms with Crippen molar-refractivity contribution < 1.29 is 4.52 Å². The van der Waals surface area contributed by atoms with Crippen LogP contribution in [-0.4, -0.2) is 4.98 Å². The van der Waals surface area contributed by atoms with Crippen LogP contribution in [0.25, 0.3) is 11.1 Å². The normalized spacial score (nSPS) is 9.75. The highest BCUT2D eigenvalue weighted by molar-refractivity contribution is 7.10. The third-order valence-electron chi connectivity index (χ3n) is 2.32. The second kappa shape index (κ2) is 4.26. The lowest BCUT2D eigenvalue weighted by atomic mass is 10.1. The largest absolute Gasteiger partial charge is 0.480 e. The van der Waals surface area contributed by atoms with E-state index >= 15 is 0 Å². The summed E-state index contributed by atoms with van der Waals surface area (Å²) in [6, 6.07) is 9.49. The number of anilines is 1. The van der Waals surface area contributed by atoms with Crippen LogP contribution in [0.15, 0.2) is 30.5 Å². The molecule has 0 aliphatic heterocycles. The van der Waals surface area contributed by atoms with Crippen LogP contribution >= 0.6 is 9.47 Å². The summed E-state index contributed by atoms with van der Waals surface area (Å²) >= 11 is 0. The molecule has 16 heavy (non-hydrogen) atoms. The van der Waals surface area contributed by atoms with Crippen LogP contribution in [0.2, 0.25) is 0 Å². The maximum atomic E-state index is 8.97. The molecule has 80 valence electrons. The SMILES string of the molecule is N#Cc1c(-c2ccc(OP)cc2)c[nH]c1N. The topological polar surface area (TPSA) is 74.8 Å². The number of nitrogens with one attached hydrogen (secondary N) is 1. The molecule has 1 aromatic carbocycles. The molecular weight excluding hydrogens is 221 g/mol. The van der Waals surface area contributed by atoms with Crippen molar-refractivity contribution >= 4 is 15.3 Å². The van der Waals surface area contributed by atoms with E-state index in [1.807, 2.05) is 24.3 Å². The van der Waals surface area contributed by atoms with Gasteiger partial charge in [-0.25, -0.2) is 0 Å². The molecule has 0 radical (unpaired) electrons. The molecule has 4 nitrogen and oxygen atoms in total. The van der Waals surface area contributed by atoms with Gasteiger partial charge in [0.1, 0.15) is 23.2 Å². The van der Waals surface area contributed by atoms with Gasteiger partial charge >= 0.3 is 0 Å². The molecule has 1 heterocycles. The lowest BCUT2D eigenvalue weighted by Crippen LogP contribution is -1.87. The second-order valence-electron chi connectivity index (χ2n) is 3.25. The molecule has 0 spiro atoms. The Hall–Kier alpha value is -1.98. The minimum absolute atomic E-state index is 0.392. The zero-order valence-electron chi connectivity index (χ0n) is 8.40. The average Bonchev–Trinajstić information content (AvgIpc) is 2.70. The molecule has 0 aliphatic carbocycles. The summed E-state index contributed by atoms with van der Waals surface area (Å²) in [6.07, 6.45) is 1.73. The maximum Gasteiger partial charge on any atom is 0.122 e. The summed E-state index contributed by atoms with van der Waals surface area (Å²) in [5.41, 5.74) is 7.84. The Morgan fingerprint density at radius 2 is 2.00 bits per heavy atom. The molecular formula is C11H10N3OP. The Morgan fingerprint density at radius 1 is 1.31 bits per heavy atom. The van der Waals surface area contributed by atoms with Gasteiger partial charge in [0, 0.05) is 11.8 Å². The quantitative estimate of drug-likeness (QED) is 0.778. The van der Waals surface area contributed by atoms with Crippen molar-refractivity contribution in [2.45, 2.75) is 0 Å². The van der Waals surface area contributed by atoms with Gasteiger partial charge in [0.05, 0.1) is 9.47 Å². The van der Waals surface area contributed by atoms with E-state index in [9.17, 15) is 0 Å². The highest BCUT2D eigenvalue weighted by Gasteiger charge is 2.09. The van der Waals surface area contributed by atoms with Crippen molar-refractivity contribution in [3.8, 4) is 22.9 Å². The second-order valence-corrected chi connectivity index (χ2v) is 3.48. The number of hydrogen-bond donors (Lipinski definition) is 2. The van der Waals surface area contributed by atoms with E-state index in [1.54, 1.807) is 6.20 Å². The first-order chi connectivity index (χ1) is 7.76. The molecule has 2 rings (SSSR count). The van der Waals surface area contributed by atoms with Crippen molar-refractivity contribution in [2.75, 3.05) is 5.73 Å². The summed E-state index contributed by atoms with van der Waals surface area (Å²) in [6.45, 7) is 0. The van der Waals surface area contributed by atoms with Gasteiger partial charge in [0.15, 0.2) is 0 Å². The van der Waals surface area contributed by atoms with Crippen molar-refractivity contribution in [3.63, 3.8) is 0 Å². The van der Waals surface area contributed by atoms with Gasteiger partial charge in [-0.2, -0.15) is 5.26 Å². The number of aromatic amines is 1. The van der Waals surface area contributed by atoms with E-state index in [1.165, 1.54) is 0 Å². The number of nitrogens with two attached hydrogens (primary N) is 1. The molecule has 0 fully saturated rings. The highest BCUT2D eigenvalue weighted by atomic mass is 31.0. The molecule has 0 aliphatic rings. The fourth-order valence-electron chi connectivity index (χ4n) is 1.50. The number of aromatic nitrogens is 1. The third-order valence-corrected chi connectivity index (χ3v) is 2.60. The molecule has 5 heteroatoms. The van der Waals surface area contributed by atoms with E-state index in [-0.39, 0.29) is 0 Å². The molecule has 0 amide bonds.